The molecular weight excluding hydrogens is 352 g/mol. The molecule has 0 aromatic heterocycles. The Morgan fingerprint density at radius 1 is 1.12 bits per heavy atom. The average molecular weight is 392 g/mol. The van der Waals surface area contributed by atoms with Gasteiger partial charge in [-0.1, -0.05) is 33.3 Å². The van der Waals surface area contributed by atoms with E-state index in [4.69, 9.17) is 4.55 Å². The molecule has 0 saturated heterocycles. The van der Waals surface area contributed by atoms with Crippen LogP contribution in [0, 0.1) is 0 Å². The molecule has 0 rings (SSSR count). The molecule has 2 unspecified atom stereocenters. The zero-order valence-electron chi connectivity index (χ0n) is 17.0. The largest absolute Gasteiger partial charge is 0.350 e. The standard InChI is InChI=1S/C19H38N2O4S/c1-6-9-13-21(14-10-7-2,18(5)12-16-26(23,24)25)15-11-17(4)20-19(22)8-3/h8,17-18H,3,6-7,9-16H2,1-2,4-5H3,(H-,20,22,23,24,25)/p+1. The number of quaternary nitrogens is 1. The maximum atomic E-state index is 11.5. The van der Waals surface area contributed by atoms with Gasteiger partial charge in [0.1, 0.15) is 0 Å². The van der Waals surface area contributed by atoms with Crippen LogP contribution < -0.4 is 5.32 Å². The van der Waals surface area contributed by atoms with Crippen LogP contribution in [0.3, 0.4) is 0 Å². The lowest BCUT2D eigenvalue weighted by molar-refractivity contribution is -0.950. The van der Waals surface area contributed by atoms with Gasteiger partial charge in [0.15, 0.2) is 0 Å². The second-order valence-electron chi connectivity index (χ2n) is 7.42. The van der Waals surface area contributed by atoms with Crippen molar-refractivity contribution < 1.29 is 22.2 Å². The summed E-state index contributed by atoms with van der Waals surface area (Å²) in [6.07, 6.45) is 6.87. The number of amides is 1. The third kappa shape index (κ3) is 10.3. The molecule has 2 atom stereocenters. The number of hydrogen-bond acceptors (Lipinski definition) is 3. The van der Waals surface area contributed by atoms with Crippen LogP contribution in [-0.2, 0) is 14.9 Å². The molecule has 0 spiro atoms. The summed E-state index contributed by atoms with van der Waals surface area (Å²) in [7, 11) is -3.95. The Bertz CT molecular complexity index is 512. The van der Waals surface area contributed by atoms with Gasteiger partial charge < -0.3 is 9.80 Å². The first-order chi connectivity index (χ1) is 12.1. The minimum Gasteiger partial charge on any atom is -0.350 e. The highest BCUT2D eigenvalue weighted by Gasteiger charge is 2.33. The smallest absolute Gasteiger partial charge is 0.265 e. The van der Waals surface area contributed by atoms with Gasteiger partial charge in [0.25, 0.3) is 10.1 Å². The lowest BCUT2D eigenvalue weighted by Gasteiger charge is -2.45. The van der Waals surface area contributed by atoms with E-state index in [-0.39, 0.29) is 23.7 Å². The second-order valence-corrected chi connectivity index (χ2v) is 8.99. The number of rotatable bonds is 15. The van der Waals surface area contributed by atoms with Crippen molar-refractivity contribution >= 4 is 16.0 Å². The van der Waals surface area contributed by atoms with Gasteiger partial charge >= 0.3 is 0 Å². The first-order valence-electron chi connectivity index (χ1n) is 9.84. The molecule has 1 amide bonds. The molecule has 7 heteroatoms. The molecule has 0 radical (unpaired) electrons. The van der Waals surface area contributed by atoms with Crippen molar-refractivity contribution in [2.45, 2.75) is 78.3 Å². The highest BCUT2D eigenvalue weighted by Crippen LogP contribution is 2.22. The van der Waals surface area contributed by atoms with Crippen LogP contribution >= 0.6 is 0 Å². The Morgan fingerprint density at radius 2 is 1.65 bits per heavy atom. The number of nitrogens with one attached hydrogen (secondary N) is 1. The van der Waals surface area contributed by atoms with E-state index < -0.39 is 10.1 Å². The van der Waals surface area contributed by atoms with Gasteiger partial charge in [-0.15, -0.1) is 0 Å². The average Bonchev–Trinajstić information content (AvgIpc) is 2.58. The van der Waals surface area contributed by atoms with Crippen LogP contribution in [0.5, 0.6) is 0 Å². The lowest BCUT2D eigenvalue weighted by atomic mass is 10.0. The summed E-state index contributed by atoms with van der Waals surface area (Å²) in [6, 6.07) is 0.173. The molecular formula is C19H39N2O4S+. The topological polar surface area (TPSA) is 83.5 Å². The molecule has 0 aliphatic rings. The molecule has 0 aliphatic carbocycles. The molecule has 0 fully saturated rings. The van der Waals surface area contributed by atoms with Crippen LogP contribution in [0.1, 0.15) is 66.2 Å². The SMILES string of the molecule is C=CC(=O)NC(C)CC[N+](CCCC)(CCCC)C(C)CCS(=O)(=O)O. The van der Waals surface area contributed by atoms with Crippen molar-refractivity contribution in [2.24, 2.45) is 0 Å². The fourth-order valence-electron chi connectivity index (χ4n) is 3.36. The molecule has 154 valence electrons. The molecule has 0 aromatic rings. The highest BCUT2D eigenvalue weighted by molar-refractivity contribution is 7.85. The minimum atomic E-state index is -3.95. The molecule has 0 saturated carbocycles. The number of carbonyl (C=O) groups is 1. The molecule has 0 heterocycles. The van der Waals surface area contributed by atoms with E-state index in [9.17, 15) is 13.2 Å². The van der Waals surface area contributed by atoms with Crippen molar-refractivity contribution in [2.75, 3.05) is 25.4 Å². The van der Waals surface area contributed by atoms with E-state index in [1.54, 1.807) is 0 Å². The zero-order chi connectivity index (χ0) is 20.2. The lowest BCUT2D eigenvalue weighted by Crippen LogP contribution is -2.57. The molecule has 0 bridgehead atoms. The van der Waals surface area contributed by atoms with E-state index in [1.165, 1.54) is 6.08 Å². The van der Waals surface area contributed by atoms with Crippen molar-refractivity contribution in [1.82, 2.24) is 5.32 Å². The summed E-state index contributed by atoms with van der Waals surface area (Å²) in [4.78, 5) is 11.5. The quantitative estimate of drug-likeness (QED) is 0.255. The van der Waals surface area contributed by atoms with E-state index in [0.717, 1.165) is 56.2 Å². The number of carbonyl (C=O) groups excluding carboxylic acids is 1. The van der Waals surface area contributed by atoms with Gasteiger partial charge in [-0.2, -0.15) is 8.42 Å². The molecule has 0 aliphatic heterocycles. The minimum absolute atomic E-state index is 0.0371. The number of hydrogen-bond donors (Lipinski definition) is 2. The van der Waals surface area contributed by atoms with Crippen molar-refractivity contribution in [3.8, 4) is 0 Å². The van der Waals surface area contributed by atoms with Crippen LogP contribution in [0.2, 0.25) is 0 Å². The summed E-state index contributed by atoms with van der Waals surface area (Å²) in [6.45, 7) is 14.7. The van der Waals surface area contributed by atoms with E-state index in [1.807, 2.05) is 6.92 Å². The van der Waals surface area contributed by atoms with Crippen molar-refractivity contribution in [3.05, 3.63) is 12.7 Å². The third-order valence-corrected chi connectivity index (χ3v) is 5.98. The van der Waals surface area contributed by atoms with Gasteiger partial charge in [-0.3, -0.25) is 9.35 Å². The molecule has 2 N–H and O–H groups in total. The molecule has 26 heavy (non-hydrogen) atoms. The summed E-state index contributed by atoms with van der Waals surface area (Å²) >= 11 is 0. The van der Waals surface area contributed by atoms with Gasteiger partial charge in [-0.25, -0.2) is 0 Å². The third-order valence-electron chi connectivity index (χ3n) is 5.22. The zero-order valence-corrected chi connectivity index (χ0v) is 17.9. The summed E-state index contributed by atoms with van der Waals surface area (Å²) in [5.41, 5.74) is 0. The Balaban J connectivity index is 5.23. The summed E-state index contributed by atoms with van der Waals surface area (Å²) in [5.74, 6) is -0.369. The van der Waals surface area contributed by atoms with E-state index >= 15 is 0 Å². The Kier molecular flexibility index (Phi) is 12.0. The summed E-state index contributed by atoms with van der Waals surface area (Å²) in [5, 5.41) is 2.91. The van der Waals surface area contributed by atoms with E-state index in [2.05, 4.69) is 32.7 Å². The first-order valence-corrected chi connectivity index (χ1v) is 11.4. The fourth-order valence-corrected chi connectivity index (χ4v) is 4.00. The normalized spacial score (nSPS) is 14.7. The van der Waals surface area contributed by atoms with Crippen LogP contribution in [-0.4, -0.2) is 60.8 Å². The predicted molar refractivity (Wildman–Crippen MR) is 108 cm³/mol. The Hall–Kier alpha value is -0.920. The monoisotopic (exact) mass is 391 g/mol. The van der Waals surface area contributed by atoms with Gasteiger partial charge in [-0.05, 0) is 32.8 Å². The predicted octanol–water partition coefficient (Wildman–Crippen LogP) is 3.15. The maximum Gasteiger partial charge on any atom is 0.265 e. The Morgan fingerprint density at radius 3 is 2.08 bits per heavy atom. The maximum absolute atomic E-state index is 11.5. The number of unbranched alkanes of at least 4 members (excludes halogenated alkanes) is 2. The fraction of sp³-hybridized carbons (Fsp3) is 0.842. The molecule has 0 aromatic carbocycles. The van der Waals surface area contributed by atoms with Crippen LogP contribution in [0.25, 0.3) is 0 Å². The van der Waals surface area contributed by atoms with Gasteiger partial charge in [0.2, 0.25) is 5.91 Å². The van der Waals surface area contributed by atoms with Gasteiger partial charge in [0.05, 0.1) is 31.4 Å². The van der Waals surface area contributed by atoms with Crippen molar-refractivity contribution in [1.29, 1.82) is 0 Å². The molecule has 6 nitrogen and oxygen atoms in total. The Labute approximate surface area is 160 Å². The van der Waals surface area contributed by atoms with E-state index in [0.29, 0.717) is 6.42 Å². The number of nitrogens with zero attached hydrogens (tertiary/aromatic N) is 1. The second kappa shape index (κ2) is 12.5. The highest BCUT2D eigenvalue weighted by atomic mass is 32.2. The van der Waals surface area contributed by atoms with Crippen LogP contribution in [0.15, 0.2) is 12.7 Å². The van der Waals surface area contributed by atoms with Gasteiger partial charge in [0, 0.05) is 18.9 Å². The van der Waals surface area contributed by atoms with Crippen LogP contribution in [0.4, 0.5) is 0 Å². The summed E-state index contributed by atoms with van der Waals surface area (Å²) < 4.78 is 32.4. The van der Waals surface area contributed by atoms with Crippen molar-refractivity contribution in [3.63, 3.8) is 0 Å². The first kappa shape index (κ1) is 25.1.